The van der Waals surface area contributed by atoms with Gasteiger partial charge in [0.1, 0.15) is 0 Å². The van der Waals surface area contributed by atoms with Crippen LogP contribution in [0.3, 0.4) is 0 Å². The van der Waals surface area contributed by atoms with E-state index in [9.17, 15) is 4.79 Å². The molecule has 2 heteroatoms. The maximum atomic E-state index is 12.0. The highest BCUT2D eigenvalue weighted by atomic mass is 16.6. The Hall–Kier alpha value is -3.75. The summed E-state index contributed by atoms with van der Waals surface area (Å²) >= 11 is 0. The number of rotatable bonds is 4. The SMILES string of the molecule is CC(=O)OC(C#Cc1ccccc1)(CCC#Cc1ccccc1)c1ccccc1. The van der Waals surface area contributed by atoms with Crippen molar-refractivity contribution in [3.05, 3.63) is 108 Å². The highest BCUT2D eigenvalue weighted by Crippen LogP contribution is 2.31. The molecule has 0 aromatic heterocycles. The summed E-state index contributed by atoms with van der Waals surface area (Å²) in [5.74, 6) is 12.4. The van der Waals surface area contributed by atoms with Gasteiger partial charge >= 0.3 is 5.97 Å². The molecule has 3 aromatic rings. The van der Waals surface area contributed by atoms with E-state index < -0.39 is 5.60 Å². The van der Waals surface area contributed by atoms with E-state index in [-0.39, 0.29) is 5.97 Å². The van der Waals surface area contributed by atoms with Gasteiger partial charge in [0.2, 0.25) is 0 Å². The van der Waals surface area contributed by atoms with E-state index in [1.807, 2.05) is 91.0 Å². The van der Waals surface area contributed by atoms with Crippen molar-refractivity contribution in [3.63, 3.8) is 0 Å². The predicted octanol–water partition coefficient (Wildman–Crippen LogP) is 5.33. The molecule has 0 radical (unpaired) electrons. The molecule has 0 aliphatic heterocycles. The van der Waals surface area contributed by atoms with Crippen LogP contribution in [0.2, 0.25) is 0 Å². The number of hydrogen-bond donors (Lipinski definition) is 0. The summed E-state index contributed by atoms with van der Waals surface area (Å²) in [6.45, 7) is 1.41. The summed E-state index contributed by atoms with van der Waals surface area (Å²) in [6, 6.07) is 29.2. The quantitative estimate of drug-likeness (QED) is 0.453. The molecule has 0 bridgehead atoms. The Morgan fingerprint density at radius 2 is 1.31 bits per heavy atom. The Bertz CT molecular complexity index is 1050. The Labute approximate surface area is 172 Å². The van der Waals surface area contributed by atoms with E-state index >= 15 is 0 Å². The van der Waals surface area contributed by atoms with Crippen LogP contribution in [0.4, 0.5) is 0 Å². The number of ether oxygens (including phenoxy) is 1. The van der Waals surface area contributed by atoms with Crippen molar-refractivity contribution in [3.8, 4) is 23.7 Å². The van der Waals surface area contributed by atoms with Crippen molar-refractivity contribution in [2.24, 2.45) is 0 Å². The molecule has 142 valence electrons. The molecule has 0 aliphatic carbocycles. The number of benzene rings is 3. The smallest absolute Gasteiger partial charge is 0.304 e. The van der Waals surface area contributed by atoms with E-state index in [0.29, 0.717) is 12.8 Å². The summed E-state index contributed by atoms with van der Waals surface area (Å²) in [6.07, 6.45) is 1.02. The third-order valence-electron chi connectivity index (χ3n) is 4.35. The first-order chi connectivity index (χ1) is 14.2. The fourth-order valence-electron chi connectivity index (χ4n) is 2.99. The highest BCUT2D eigenvalue weighted by Gasteiger charge is 2.33. The lowest BCUT2D eigenvalue weighted by Crippen LogP contribution is -2.30. The third-order valence-corrected chi connectivity index (χ3v) is 4.35. The Kier molecular flexibility index (Phi) is 6.88. The van der Waals surface area contributed by atoms with Crippen LogP contribution in [0, 0.1) is 23.7 Å². The topological polar surface area (TPSA) is 26.3 Å². The molecule has 0 aliphatic rings. The van der Waals surface area contributed by atoms with E-state index in [4.69, 9.17) is 4.74 Å². The van der Waals surface area contributed by atoms with Crippen LogP contribution in [0.15, 0.2) is 91.0 Å². The highest BCUT2D eigenvalue weighted by molar-refractivity contribution is 5.67. The molecule has 29 heavy (non-hydrogen) atoms. The molecule has 0 amide bonds. The van der Waals surface area contributed by atoms with Crippen LogP contribution in [-0.2, 0) is 15.1 Å². The minimum absolute atomic E-state index is 0.368. The first-order valence-electron chi connectivity index (χ1n) is 9.55. The maximum Gasteiger partial charge on any atom is 0.304 e. The van der Waals surface area contributed by atoms with E-state index in [2.05, 4.69) is 23.7 Å². The summed E-state index contributed by atoms with van der Waals surface area (Å²) < 4.78 is 5.82. The van der Waals surface area contributed by atoms with Crippen LogP contribution in [0.5, 0.6) is 0 Å². The van der Waals surface area contributed by atoms with Crippen LogP contribution < -0.4 is 0 Å². The van der Waals surface area contributed by atoms with Gasteiger partial charge in [-0.15, -0.1) is 0 Å². The number of hydrogen-bond acceptors (Lipinski definition) is 2. The molecule has 0 N–H and O–H groups in total. The lowest BCUT2D eigenvalue weighted by molar-refractivity contribution is -0.152. The third kappa shape index (κ3) is 5.86. The van der Waals surface area contributed by atoms with Crippen molar-refractivity contribution < 1.29 is 9.53 Å². The van der Waals surface area contributed by atoms with E-state index in [1.54, 1.807) is 0 Å². The zero-order chi connectivity index (χ0) is 20.4. The molecule has 1 unspecified atom stereocenters. The van der Waals surface area contributed by atoms with Gasteiger partial charge in [-0.3, -0.25) is 4.79 Å². The van der Waals surface area contributed by atoms with Crippen molar-refractivity contribution in [1.82, 2.24) is 0 Å². The van der Waals surface area contributed by atoms with Crippen molar-refractivity contribution in [2.45, 2.75) is 25.4 Å². The molecule has 2 nitrogen and oxygen atoms in total. The second-order valence-corrected chi connectivity index (χ2v) is 6.57. The van der Waals surface area contributed by atoms with Crippen LogP contribution in [0.25, 0.3) is 0 Å². The van der Waals surface area contributed by atoms with Crippen molar-refractivity contribution >= 4 is 5.97 Å². The average Bonchev–Trinajstić information content (AvgIpc) is 2.77. The summed E-state index contributed by atoms with van der Waals surface area (Å²) in [5.41, 5.74) is 1.63. The van der Waals surface area contributed by atoms with Gasteiger partial charge in [-0.1, -0.05) is 84.5 Å². The minimum Gasteiger partial charge on any atom is -0.442 e. The largest absolute Gasteiger partial charge is 0.442 e. The second-order valence-electron chi connectivity index (χ2n) is 6.57. The van der Waals surface area contributed by atoms with Gasteiger partial charge in [-0.2, -0.15) is 0 Å². The number of carbonyl (C=O) groups is 1. The first kappa shape index (κ1) is 20.0. The lowest BCUT2D eigenvalue weighted by atomic mass is 9.88. The molecule has 3 aromatic carbocycles. The molecule has 0 saturated heterocycles. The van der Waals surface area contributed by atoms with Gasteiger partial charge in [0.25, 0.3) is 0 Å². The predicted molar refractivity (Wildman–Crippen MR) is 116 cm³/mol. The second kappa shape index (κ2) is 9.98. The molecule has 1 atom stereocenters. The summed E-state index contributed by atoms with van der Waals surface area (Å²) in [7, 11) is 0. The van der Waals surface area contributed by atoms with Gasteiger partial charge in [0, 0.05) is 36.5 Å². The fourth-order valence-corrected chi connectivity index (χ4v) is 2.99. The van der Waals surface area contributed by atoms with Crippen LogP contribution >= 0.6 is 0 Å². The Morgan fingerprint density at radius 3 is 1.86 bits per heavy atom. The number of carbonyl (C=O) groups excluding carboxylic acids is 1. The Balaban J connectivity index is 1.94. The monoisotopic (exact) mass is 378 g/mol. The number of esters is 1. The van der Waals surface area contributed by atoms with E-state index in [0.717, 1.165) is 16.7 Å². The standard InChI is InChI=1S/C27H22O2/c1-23(28)29-27(26-18-9-4-10-19-26,22-20-25-15-7-3-8-16-25)21-12-11-17-24-13-5-2-6-14-24/h2-10,13-16,18-19H,12,21H2,1H3. The van der Waals surface area contributed by atoms with Gasteiger partial charge in [0.05, 0.1) is 0 Å². The summed E-state index contributed by atoms with van der Waals surface area (Å²) in [4.78, 5) is 12.0. The molecule has 0 fully saturated rings. The Morgan fingerprint density at radius 1 is 0.793 bits per heavy atom. The molecular formula is C27H22O2. The first-order valence-corrected chi connectivity index (χ1v) is 9.55. The molecule has 3 rings (SSSR count). The molecular weight excluding hydrogens is 356 g/mol. The maximum absolute atomic E-state index is 12.0. The lowest BCUT2D eigenvalue weighted by Gasteiger charge is -2.28. The molecule has 0 spiro atoms. The van der Waals surface area contributed by atoms with Gasteiger partial charge in [-0.25, -0.2) is 0 Å². The van der Waals surface area contributed by atoms with Gasteiger partial charge in [0.15, 0.2) is 5.60 Å². The van der Waals surface area contributed by atoms with Crippen LogP contribution in [0.1, 0.15) is 36.5 Å². The van der Waals surface area contributed by atoms with Crippen molar-refractivity contribution in [2.75, 3.05) is 0 Å². The van der Waals surface area contributed by atoms with Crippen LogP contribution in [-0.4, -0.2) is 5.97 Å². The van der Waals surface area contributed by atoms with Crippen molar-refractivity contribution in [1.29, 1.82) is 0 Å². The zero-order valence-electron chi connectivity index (χ0n) is 16.4. The normalized spacial score (nSPS) is 11.8. The molecule has 0 saturated carbocycles. The average molecular weight is 378 g/mol. The summed E-state index contributed by atoms with van der Waals surface area (Å²) in [5, 5.41) is 0. The molecule has 0 heterocycles. The van der Waals surface area contributed by atoms with Gasteiger partial charge < -0.3 is 4.74 Å². The fraction of sp³-hybridized carbons (Fsp3) is 0.148. The minimum atomic E-state index is -1.05. The van der Waals surface area contributed by atoms with Gasteiger partial charge in [-0.05, 0) is 30.2 Å². The van der Waals surface area contributed by atoms with E-state index in [1.165, 1.54) is 6.92 Å². The zero-order valence-corrected chi connectivity index (χ0v) is 16.4.